The van der Waals surface area contributed by atoms with Crippen LogP contribution in [0.5, 0.6) is 11.5 Å². The van der Waals surface area contributed by atoms with Crippen molar-refractivity contribution in [2.24, 2.45) is 0 Å². The van der Waals surface area contributed by atoms with Gasteiger partial charge < -0.3 is 24.4 Å². The molecule has 1 saturated heterocycles. The minimum atomic E-state index is -0.637. The third kappa shape index (κ3) is 5.83. The number of hydrogen-bond acceptors (Lipinski definition) is 6. The Morgan fingerprint density at radius 1 is 1.02 bits per heavy atom. The predicted octanol–water partition coefficient (Wildman–Crippen LogP) is 4.65. The Labute approximate surface area is 235 Å². The van der Waals surface area contributed by atoms with E-state index in [0.717, 1.165) is 35.5 Å². The first-order chi connectivity index (χ1) is 19.5. The molecular formula is C32H37N3O5. The number of aryl methyl sites for hydroxylation is 1. The SMILES string of the molecule is CCOc1ccc([C@H]2[C@@H](C(=O)Nc3cc(C)ccc3OC)c3ccccc3C(=O)N2CCN2CCOCC2)cc1. The molecule has 2 atom stereocenters. The molecule has 2 amide bonds. The first-order valence-corrected chi connectivity index (χ1v) is 13.9. The summed E-state index contributed by atoms with van der Waals surface area (Å²) in [5.74, 6) is 0.431. The maximum atomic E-state index is 14.3. The quantitative estimate of drug-likeness (QED) is 0.423. The van der Waals surface area contributed by atoms with Crippen molar-refractivity contribution >= 4 is 17.5 Å². The predicted molar refractivity (Wildman–Crippen MR) is 154 cm³/mol. The molecule has 0 spiro atoms. The molecule has 2 aliphatic heterocycles. The average Bonchev–Trinajstić information content (AvgIpc) is 2.98. The lowest BCUT2D eigenvalue weighted by Crippen LogP contribution is -2.49. The van der Waals surface area contributed by atoms with Crippen LogP contribution in [-0.2, 0) is 9.53 Å². The lowest BCUT2D eigenvalue weighted by atomic mass is 9.79. The molecule has 2 heterocycles. The van der Waals surface area contributed by atoms with Gasteiger partial charge in [0.25, 0.3) is 5.91 Å². The second-order valence-corrected chi connectivity index (χ2v) is 10.2. The van der Waals surface area contributed by atoms with E-state index in [4.69, 9.17) is 14.2 Å². The highest BCUT2D eigenvalue weighted by atomic mass is 16.5. The lowest BCUT2D eigenvalue weighted by Gasteiger charge is -2.43. The zero-order valence-electron chi connectivity index (χ0n) is 23.4. The summed E-state index contributed by atoms with van der Waals surface area (Å²) in [7, 11) is 1.59. The highest BCUT2D eigenvalue weighted by Crippen LogP contribution is 2.44. The van der Waals surface area contributed by atoms with Crippen LogP contribution < -0.4 is 14.8 Å². The fourth-order valence-corrected chi connectivity index (χ4v) is 5.62. The largest absolute Gasteiger partial charge is 0.495 e. The molecule has 40 heavy (non-hydrogen) atoms. The van der Waals surface area contributed by atoms with Gasteiger partial charge in [-0.05, 0) is 60.9 Å². The summed E-state index contributed by atoms with van der Waals surface area (Å²) in [6, 6.07) is 20.4. The van der Waals surface area contributed by atoms with Crippen LogP contribution in [0, 0.1) is 6.92 Å². The molecule has 8 nitrogen and oxygen atoms in total. The normalized spacial score (nSPS) is 19.2. The van der Waals surface area contributed by atoms with Crippen LogP contribution in [0.25, 0.3) is 0 Å². The van der Waals surface area contributed by atoms with Crippen LogP contribution in [0.1, 0.15) is 45.9 Å². The van der Waals surface area contributed by atoms with E-state index in [-0.39, 0.29) is 11.8 Å². The number of fused-ring (bicyclic) bond motifs is 1. The molecule has 2 aliphatic rings. The molecule has 0 aromatic heterocycles. The second-order valence-electron chi connectivity index (χ2n) is 10.2. The fraction of sp³-hybridized carbons (Fsp3) is 0.375. The number of amides is 2. The number of hydrogen-bond donors (Lipinski definition) is 1. The van der Waals surface area contributed by atoms with E-state index in [0.29, 0.717) is 49.9 Å². The molecule has 1 fully saturated rings. The van der Waals surface area contributed by atoms with Crippen LogP contribution in [0.3, 0.4) is 0 Å². The monoisotopic (exact) mass is 543 g/mol. The van der Waals surface area contributed by atoms with Gasteiger partial charge in [-0.2, -0.15) is 0 Å². The van der Waals surface area contributed by atoms with E-state index in [1.807, 2.05) is 85.5 Å². The van der Waals surface area contributed by atoms with Gasteiger partial charge in [0.05, 0.1) is 44.6 Å². The van der Waals surface area contributed by atoms with Gasteiger partial charge in [-0.25, -0.2) is 0 Å². The molecule has 0 bridgehead atoms. The first kappa shape index (κ1) is 27.7. The summed E-state index contributed by atoms with van der Waals surface area (Å²) >= 11 is 0. The van der Waals surface area contributed by atoms with Gasteiger partial charge in [0.2, 0.25) is 5.91 Å². The number of carbonyl (C=O) groups excluding carboxylic acids is 2. The highest BCUT2D eigenvalue weighted by Gasteiger charge is 2.44. The standard InChI is InChI=1S/C32H37N3O5/c1-4-40-24-12-10-23(11-13-24)30-29(31(36)33-27-21-22(2)9-14-28(27)38-3)25-7-5-6-8-26(25)32(37)35(30)16-15-34-17-19-39-20-18-34/h5-14,21,29-30H,4,15-20H2,1-3H3,(H,33,36)/t29-,30-/m0/s1. The minimum absolute atomic E-state index is 0.0695. The molecule has 0 unspecified atom stereocenters. The molecule has 3 aromatic rings. The number of carbonyl (C=O) groups is 2. The van der Waals surface area contributed by atoms with Gasteiger partial charge in [0.1, 0.15) is 11.5 Å². The maximum Gasteiger partial charge on any atom is 0.254 e. The summed E-state index contributed by atoms with van der Waals surface area (Å²) in [5.41, 5.74) is 3.77. The van der Waals surface area contributed by atoms with Gasteiger partial charge in [0, 0.05) is 31.7 Å². The number of rotatable bonds is 9. The zero-order valence-corrected chi connectivity index (χ0v) is 23.4. The van der Waals surface area contributed by atoms with Crippen LogP contribution in [0.15, 0.2) is 66.7 Å². The lowest BCUT2D eigenvalue weighted by molar-refractivity contribution is -0.119. The number of morpholine rings is 1. The van der Waals surface area contributed by atoms with Gasteiger partial charge in [-0.3, -0.25) is 14.5 Å². The number of benzene rings is 3. The van der Waals surface area contributed by atoms with E-state index in [1.54, 1.807) is 7.11 Å². The van der Waals surface area contributed by atoms with Gasteiger partial charge in [0.15, 0.2) is 0 Å². The first-order valence-electron chi connectivity index (χ1n) is 13.9. The number of nitrogens with zero attached hydrogens (tertiary/aromatic N) is 2. The van der Waals surface area contributed by atoms with Crippen LogP contribution in [0.4, 0.5) is 5.69 Å². The Bertz CT molecular complexity index is 1340. The van der Waals surface area contributed by atoms with Crippen molar-refractivity contribution in [2.45, 2.75) is 25.8 Å². The van der Waals surface area contributed by atoms with Crippen molar-refractivity contribution in [2.75, 3.05) is 58.4 Å². The molecule has 0 radical (unpaired) electrons. The smallest absolute Gasteiger partial charge is 0.254 e. The van der Waals surface area contributed by atoms with Gasteiger partial charge in [-0.15, -0.1) is 0 Å². The molecule has 210 valence electrons. The van der Waals surface area contributed by atoms with Crippen molar-refractivity contribution in [3.05, 3.63) is 89.0 Å². The Morgan fingerprint density at radius 2 is 1.77 bits per heavy atom. The number of methoxy groups -OCH3 is 1. The third-order valence-corrected chi connectivity index (χ3v) is 7.63. The summed E-state index contributed by atoms with van der Waals surface area (Å²) in [6.07, 6.45) is 0. The Kier molecular flexibility index (Phi) is 8.67. The number of nitrogens with one attached hydrogen (secondary N) is 1. The fourth-order valence-electron chi connectivity index (χ4n) is 5.62. The summed E-state index contributed by atoms with van der Waals surface area (Å²) in [6.45, 7) is 8.67. The van der Waals surface area contributed by atoms with Crippen LogP contribution in [-0.4, -0.2) is 74.7 Å². The summed E-state index contributed by atoms with van der Waals surface area (Å²) in [5, 5.41) is 3.13. The molecular weight excluding hydrogens is 506 g/mol. The molecule has 0 saturated carbocycles. The number of ether oxygens (including phenoxy) is 3. The van der Waals surface area contributed by atoms with Crippen LogP contribution in [0.2, 0.25) is 0 Å². The van der Waals surface area contributed by atoms with Crippen molar-refractivity contribution in [1.82, 2.24) is 9.80 Å². The molecule has 1 N–H and O–H groups in total. The third-order valence-electron chi connectivity index (χ3n) is 7.63. The number of anilines is 1. The van der Waals surface area contributed by atoms with Crippen molar-refractivity contribution < 1.29 is 23.8 Å². The maximum absolute atomic E-state index is 14.3. The Hall–Kier alpha value is -3.88. The molecule has 0 aliphatic carbocycles. The molecule has 5 rings (SSSR count). The summed E-state index contributed by atoms with van der Waals surface area (Å²) in [4.78, 5) is 32.5. The van der Waals surface area contributed by atoms with Gasteiger partial charge >= 0.3 is 0 Å². The zero-order chi connectivity index (χ0) is 28.1. The minimum Gasteiger partial charge on any atom is -0.495 e. The van der Waals surface area contributed by atoms with E-state index < -0.39 is 12.0 Å². The van der Waals surface area contributed by atoms with Crippen LogP contribution >= 0.6 is 0 Å². The van der Waals surface area contributed by atoms with Crippen molar-refractivity contribution in [1.29, 1.82) is 0 Å². The Balaban J connectivity index is 1.56. The topological polar surface area (TPSA) is 80.3 Å². The highest BCUT2D eigenvalue weighted by molar-refractivity contribution is 6.04. The van der Waals surface area contributed by atoms with E-state index in [1.165, 1.54) is 0 Å². The van der Waals surface area contributed by atoms with E-state index in [2.05, 4.69) is 10.2 Å². The van der Waals surface area contributed by atoms with Crippen molar-refractivity contribution in [3.63, 3.8) is 0 Å². The van der Waals surface area contributed by atoms with E-state index in [9.17, 15) is 9.59 Å². The second kappa shape index (κ2) is 12.5. The Morgan fingerprint density at radius 3 is 2.50 bits per heavy atom. The average molecular weight is 544 g/mol. The molecule has 8 heteroatoms. The molecule has 3 aromatic carbocycles. The van der Waals surface area contributed by atoms with Gasteiger partial charge in [-0.1, -0.05) is 36.4 Å². The van der Waals surface area contributed by atoms with Crippen molar-refractivity contribution in [3.8, 4) is 11.5 Å². The summed E-state index contributed by atoms with van der Waals surface area (Å²) < 4.78 is 16.7. The van der Waals surface area contributed by atoms with E-state index >= 15 is 0 Å².